The van der Waals surface area contributed by atoms with Crippen LogP contribution in [-0.4, -0.2) is 34.4 Å². The Kier molecular flexibility index (Phi) is 3.74. The van der Waals surface area contributed by atoms with E-state index in [1.807, 2.05) is 18.5 Å². The number of hydrogen-bond acceptors (Lipinski definition) is 4. The molecule has 0 saturated heterocycles. The summed E-state index contributed by atoms with van der Waals surface area (Å²) in [5.74, 6) is 0.147. The molecule has 1 heterocycles. The zero-order chi connectivity index (χ0) is 15.2. The molecule has 2 fully saturated rings. The molecule has 0 spiro atoms. The van der Waals surface area contributed by atoms with Crippen LogP contribution in [0, 0.1) is 19.8 Å². The van der Waals surface area contributed by atoms with E-state index >= 15 is 0 Å². The van der Waals surface area contributed by atoms with E-state index in [0.29, 0.717) is 23.5 Å². The van der Waals surface area contributed by atoms with Gasteiger partial charge in [-0.3, -0.25) is 10.00 Å². The third-order valence-corrected chi connectivity index (χ3v) is 5.10. The monoisotopic (exact) mass is 311 g/mol. The molecule has 0 aliphatic heterocycles. The Balaban J connectivity index is 1.93. The first-order valence-electron chi connectivity index (χ1n) is 7.53. The van der Waals surface area contributed by atoms with Crippen LogP contribution in [-0.2, 0) is 16.1 Å². The van der Waals surface area contributed by atoms with Crippen molar-refractivity contribution in [1.82, 2.24) is 15.1 Å². The summed E-state index contributed by atoms with van der Waals surface area (Å²) < 4.78 is 6.97. The number of hydrogen-bond donors (Lipinski definition) is 1. The van der Waals surface area contributed by atoms with Crippen LogP contribution in [0.4, 0.5) is 0 Å². The minimum atomic E-state index is -0.664. The first-order chi connectivity index (χ1) is 9.98. The van der Waals surface area contributed by atoms with E-state index in [4.69, 9.17) is 16.3 Å². The summed E-state index contributed by atoms with van der Waals surface area (Å²) >= 11 is 6.23. The van der Waals surface area contributed by atoms with Gasteiger partial charge in [-0.1, -0.05) is 11.6 Å². The summed E-state index contributed by atoms with van der Waals surface area (Å²) in [7, 11) is 1.46. The van der Waals surface area contributed by atoms with E-state index in [2.05, 4.69) is 10.4 Å². The highest BCUT2D eigenvalue weighted by Gasteiger charge is 2.54. The van der Waals surface area contributed by atoms with Crippen LogP contribution in [0.1, 0.15) is 37.1 Å². The molecule has 0 amide bonds. The fraction of sp³-hybridized carbons (Fsp3) is 0.733. The van der Waals surface area contributed by atoms with Crippen molar-refractivity contribution in [2.45, 2.75) is 57.7 Å². The molecule has 116 valence electrons. The molecule has 1 atom stereocenters. The Morgan fingerprint density at radius 2 is 2.10 bits per heavy atom. The maximum absolute atomic E-state index is 12.5. The van der Waals surface area contributed by atoms with E-state index < -0.39 is 5.54 Å². The fourth-order valence-electron chi connectivity index (χ4n) is 3.00. The minimum Gasteiger partial charge on any atom is -0.468 e. The molecule has 1 unspecified atom stereocenters. The molecule has 0 radical (unpaired) electrons. The van der Waals surface area contributed by atoms with Gasteiger partial charge in [-0.25, -0.2) is 4.79 Å². The average molecular weight is 312 g/mol. The number of nitrogens with one attached hydrogen (secondary N) is 1. The van der Waals surface area contributed by atoms with Crippen molar-refractivity contribution in [3.63, 3.8) is 0 Å². The van der Waals surface area contributed by atoms with Crippen molar-refractivity contribution in [3.8, 4) is 0 Å². The van der Waals surface area contributed by atoms with Crippen LogP contribution >= 0.6 is 11.6 Å². The van der Waals surface area contributed by atoms with E-state index in [1.165, 1.54) is 7.11 Å². The zero-order valence-corrected chi connectivity index (χ0v) is 13.5. The highest BCUT2D eigenvalue weighted by molar-refractivity contribution is 6.31. The molecule has 5 nitrogen and oxygen atoms in total. The van der Waals surface area contributed by atoms with E-state index in [0.717, 1.165) is 37.1 Å². The number of ether oxygens (including phenoxy) is 1. The van der Waals surface area contributed by atoms with Crippen LogP contribution in [0.15, 0.2) is 0 Å². The lowest BCUT2D eigenvalue weighted by molar-refractivity contribution is -0.150. The first kappa shape index (κ1) is 14.9. The number of carbonyl (C=O) groups excluding carboxylic acids is 1. The van der Waals surface area contributed by atoms with E-state index in [-0.39, 0.29) is 5.97 Å². The molecule has 0 bridgehead atoms. The van der Waals surface area contributed by atoms with Crippen molar-refractivity contribution < 1.29 is 9.53 Å². The van der Waals surface area contributed by atoms with Crippen LogP contribution in [0.5, 0.6) is 0 Å². The maximum Gasteiger partial charge on any atom is 0.328 e. The van der Waals surface area contributed by atoms with Gasteiger partial charge in [-0.05, 0) is 45.4 Å². The Hall–Kier alpha value is -1.07. The molecule has 0 aromatic carbocycles. The summed E-state index contributed by atoms with van der Waals surface area (Å²) in [6, 6.07) is 0.428. The molecule has 1 aromatic heterocycles. The molecule has 3 rings (SSSR count). The first-order valence-corrected chi connectivity index (χ1v) is 7.91. The third kappa shape index (κ3) is 2.69. The predicted molar refractivity (Wildman–Crippen MR) is 80.3 cm³/mol. The second kappa shape index (κ2) is 5.29. The second-order valence-electron chi connectivity index (χ2n) is 6.30. The summed E-state index contributed by atoms with van der Waals surface area (Å²) in [6.45, 7) is 4.31. The van der Waals surface area contributed by atoms with Crippen molar-refractivity contribution in [2.24, 2.45) is 5.92 Å². The second-order valence-corrected chi connectivity index (χ2v) is 6.68. The summed E-state index contributed by atoms with van der Waals surface area (Å²) in [4.78, 5) is 12.5. The van der Waals surface area contributed by atoms with Gasteiger partial charge in [0.25, 0.3) is 0 Å². The molecule has 1 N–H and O–H groups in total. The van der Waals surface area contributed by atoms with Gasteiger partial charge >= 0.3 is 5.97 Å². The normalized spacial score (nSPS) is 21.1. The number of aryl methyl sites for hydroxylation is 1. The highest BCUT2D eigenvalue weighted by Crippen LogP contribution is 2.43. The SMILES string of the molecule is COC(=O)C(Cn1nc(C)c(Cl)c1C)(NC1CC1)C1CC1. The zero-order valence-electron chi connectivity index (χ0n) is 12.8. The Morgan fingerprint density at radius 1 is 1.43 bits per heavy atom. The maximum atomic E-state index is 12.5. The van der Waals surface area contributed by atoms with Crippen LogP contribution in [0.25, 0.3) is 0 Å². The summed E-state index contributed by atoms with van der Waals surface area (Å²) in [6.07, 6.45) is 4.37. The number of carbonyl (C=O) groups is 1. The van der Waals surface area contributed by atoms with E-state index in [9.17, 15) is 4.79 Å². The van der Waals surface area contributed by atoms with Crippen LogP contribution in [0.2, 0.25) is 5.02 Å². The smallest absolute Gasteiger partial charge is 0.328 e. The Labute approximate surface area is 130 Å². The molecular weight excluding hydrogens is 290 g/mol. The predicted octanol–water partition coefficient (Wildman–Crippen LogP) is 2.23. The molecule has 21 heavy (non-hydrogen) atoms. The van der Waals surface area contributed by atoms with Gasteiger partial charge in [-0.15, -0.1) is 0 Å². The lowest BCUT2D eigenvalue weighted by Gasteiger charge is -2.33. The quantitative estimate of drug-likeness (QED) is 0.819. The van der Waals surface area contributed by atoms with Gasteiger partial charge in [0, 0.05) is 6.04 Å². The van der Waals surface area contributed by atoms with Gasteiger partial charge in [-0.2, -0.15) is 5.10 Å². The van der Waals surface area contributed by atoms with Gasteiger partial charge in [0.15, 0.2) is 0 Å². The fourth-order valence-corrected chi connectivity index (χ4v) is 3.13. The van der Waals surface area contributed by atoms with Crippen molar-refractivity contribution in [3.05, 3.63) is 16.4 Å². The highest BCUT2D eigenvalue weighted by atomic mass is 35.5. The van der Waals surface area contributed by atoms with Crippen molar-refractivity contribution in [1.29, 1.82) is 0 Å². The number of aromatic nitrogens is 2. The lowest BCUT2D eigenvalue weighted by Crippen LogP contribution is -2.58. The van der Waals surface area contributed by atoms with Crippen molar-refractivity contribution >= 4 is 17.6 Å². The largest absolute Gasteiger partial charge is 0.468 e. The summed E-state index contributed by atoms with van der Waals surface area (Å²) in [5, 5.41) is 8.71. The number of rotatable bonds is 6. The van der Waals surface area contributed by atoms with Gasteiger partial charge in [0.1, 0.15) is 5.54 Å². The standard InChI is InChI=1S/C15H22ClN3O2/c1-9-13(16)10(2)19(18-9)8-15(11-4-5-11,14(20)21-3)17-12-6-7-12/h11-12,17H,4-8H2,1-3H3. The lowest BCUT2D eigenvalue weighted by atomic mass is 9.92. The summed E-state index contributed by atoms with van der Waals surface area (Å²) in [5.41, 5.74) is 1.04. The Bertz CT molecular complexity index is 564. The minimum absolute atomic E-state index is 0.180. The van der Waals surface area contributed by atoms with Crippen molar-refractivity contribution in [2.75, 3.05) is 7.11 Å². The molecule has 2 saturated carbocycles. The molecule has 6 heteroatoms. The number of nitrogens with zero attached hydrogens (tertiary/aromatic N) is 2. The third-order valence-electron chi connectivity index (χ3n) is 4.56. The van der Waals surface area contributed by atoms with Gasteiger partial charge < -0.3 is 4.74 Å². The average Bonchev–Trinajstić information content (AvgIpc) is 3.35. The number of esters is 1. The topological polar surface area (TPSA) is 56.2 Å². The molecule has 2 aliphatic carbocycles. The van der Waals surface area contributed by atoms with E-state index in [1.54, 1.807) is 0 Å². The van der Waals surface area contributed by atoms with Crippen LogP contribution < -0.4 is 5.32 Å². The number of methoxy groups -OCH3 is 1. The molecule has 1 aromatic rings. The van der Waals surface area contributed by atoms with Gasteiger partial charge in [0.2, 0.25) is 0 Å². The van der Waals surface area contributed by atoms with Gasteiger partial charge in [0.05, 0.1) is 30.1 Å². The van der Waals surface area contributed by atoms with Crippen LogP contribution in [0.3, 0.4) is 0 Å². The molecule has 2 aliphatic rings. The number of halogens is 1. The molecular formula is C15H22ClN3O2. The Morgan fingerprint density at radius 3 is 2.52 bits per heavy atom.